The first-order valence-electron chi connectivity index (χ1n) is 15.5. The van der Waals surface area contributed by atoms with Gasteiger partial charge in [-0.3, -0.25) is 14.4 Å². The van der Waals surface area contributed by atoms with Gasteiger partial charge in [0.25, 0.3) is 11.8 Å². The summed E-state index contributed by atoms with van der Waals surface area (Å²) in [5.41, 5.74) is 4.46. The van der Waals surface area contributed by atoms with Crippen LogP contribution < -0.4 is 16.0 Å². The van der Waals surface area contributed by atoms with Crippen LogP contribution in [0.1, 0.15) is 29.8 Å². The van der Waals surface area contributed by atoms with E-state index >= 15 is 0 Å². The first kappa shape index (κ1) is 32.3. The first-order valence-corrected chi connectivity index (χ1v) is 16.4. The average molecular weight is 657 g/mol. The van der Waals surface area contributed by atoms with Crippen molar-refractivity contribution < 1.29 is 18.8 Å². The molecule has 3 N–H and O–H groups in total. The summed E-state index contributed by atoms with van der Waals surface area (Å²) in [5.74, 6) is -1.53. The van der Waals surface area contributed by atoms with Gasteiger partial charge in [0.2, 0.25) is 5.91 Å². The van der Waals surface area contributed by atoms with E-state index in [9.17, 15) is 18.8 Å². The number of aryl methyl sites for hydroxylation is 1. The SMILES string of the molecule is CCn1c2ccccc2c2cc(NC(=O)C(C)Sc3ccc(NC(=O)/C(=C/c4ccc(F)cc4)NC(=O)c4ccccc4)cc3)ccc21. The van der Waals surface area contributed by atoms with Gasteiger partial charge in [0.1, 0.15) is 11.5 Å². The normalized spacial score (nSPS) is 12.1. The smallest absolute Gasteiger partial charge is 0.272 e. The number of amides is 3. The zero-order valence-corrected chi connectivity index (χ0v) is 27.2. The lowest BCUT2D eigenvalue weighted by Gasteiger charge is -2.14. The summed E-state index contributed by atoms with van der Waals surface area (Å²) >= 11 is 1.40. The maximum absolute atomic E-state index is 13.5. The lowest BCUT2D eigenvalue weighted by atomic mass is 10.1. The highest BCUT2D eigenvalue weighted by Crippen LogP contribution is 2.32. The van der Waals surface area contributed by atoms with Crippen LogP contribution in [0.2, 0.25) is 0 Å². The van der Waals surface area contributed by atoms with E-state index in [0.29, 0.717) is 16.8 Å². The minimum atomic E-state index is -0.546. The predicted octanol–water partition coefficient (Wildman–Crippen LogP) is 8.48. The number of carbonyl (C=O) groups is 3. The van der Waals surface area contributed by atoms with Gasteiger partial charge in [0.05, 0.1) is 5.25 Å². The van der Waals surface area contributed by atoms with E-state index in [1.165, 1.54) is 47.6 Å². The highest BCUT2D eigenvalue weighted by molar-refractivity contribution is 8.00. The molecule has 0 fully saturated rings. The summed E-state index contributed by atoms with van der Waals surface area (Å²) in [6, 6.07) is 35.5. The molecule has 240 valence electrons. The zero-order chi connectivity index (χ0) is 33.6. The molecule has 9 heteroatoms. The summed E-state index contributed by atoms with van der Waals surface area (Å²) in [6.07, 6.45) is 1.49. The van der Waals surface area contributed by atoms with Crippen LogP contribution in [-0.4, -0.2) is 27.5 Å². The molecule has 1 heterocycles. The van der Waals surface area contributed by atoms with Crippen LogP contribution in [0.15, 0.2) is 132 Å². The number of nitrogens with zero attached hydrogens (tertiary/aromatic N) is 1. The van der Waals surface area contributed by atoms with E-state index in [1.807, 2.05) is 49.4 Å². The lowest BCUT2D eigenvalue weighted by molar-refractivity contribution is -0.115. The Kier molecular flexibility index (Phi) is 9.68. The van der Waals surface area contributed by atoms with Crippen molar-refractivity contribution in [2.75, 3.05) is 10.6 Å². The van der Waals surface area contributed by atoms with Crippen molar-refractivity contribution in [1.29, 1.82) is 0 Å². The van der Waals surface area contributed by atoms with Crippen LogP contribution in [0.5, 0.6) is 0 Å². The van der Waals surface area contributed by atoms with E-state index in [0.717, 1.165) is 33.4 Å². The molecule has 0 radical (unpaired) electrons. The third kappa shape index (κ3) is 7.32. The summed E-state index contributed by atoms with van der Waals surface area (Å²) in [7, 11) is 0. The highest BCUT2D eigenvalue weighted by Gasteiger charge is 2.18. The molecule has 6 aromatic rings. The Morgan fingerprint density at radius 2 is 1.44 bits per heavy atom. The summed E-state index contributed by atoms with van der Waals surface area (Å²) in [6.45, 7) is 4.82. The molecule has 1 aromatic heterocycles. The van der Waals surface area contributed by atoms with E-state index in [1.54, 1.807) is 42.5 Å². The Bertz CT molecular complexity index is 2140. The maximum atomic E-state index is 13.5. The number of rotatable bonds is 10. The second kappa shape index (κ2) is 14.4. The fourth-order valence-corrected chi connectivity index (χ4v) is 6.32. The summed E-state index contributed by atoms with van der Waals surface area (Å²) in [5, 5.41) is 10.4. The van der Waals surface area contributed by atoms with Gasteiger partial charge in [-0.2, -0.15) is 0 Å². The number of anilines is 2. The van der Waals surface area contributed by atoms with Crippen molar-refractivity contribution >= 4 is 68.7 Å². The lowest BCUT2D eigenvalue weighted by Crippen LogP contribution is -2.30. The van der Waals surface area contributed by atoms with Gasteiger partial charge < -0.3 is 20.5 Å². The fourth-order valence-electron chi connectivity index (χ4n) is 5.46. The number of benzene rings is 5. The predicted molar refractivity (Wildman–Crippen MR) is 192 cm³/mol. The van der Waals surface area contributed by atoms with Gasteiger partial charge in [-0.05, 0) is 98.3 Å². The minimum Gasteiger partial charge on any atom is -0.341 e. The molecule has 5 aromatic carbocycles. The van der Waals surface area contributed by atoms with Crippen molar-refractivity contribution in [3.8, 4) is 0 Å². The fraction of sp³-hybridized carbons (Fsp3) is 0.103. The Hall–Kier alpha value is -5.67. The number of halogens is 1. The Labute approximate surface area is 281 Å². The monoisotopic (exact) mass is 656 g/mol. The van der Waals surface area contributed by atoms with Crippen molar-refractivity contribution in [3.05, 3.63) is 144 Å². The molecular formula is C39H33FN4O3S. The molecule has 0 spiro atoms. The second-order valence-electron chi connectivity index (χ2n) is 11.2. The van der Waals surface area contributed by atoms with Crippen LogP contribution in [0.4, 0.5) is 15.8 Å². The molecule has 0 bridgehead atoms. The molecule has 0 saturated heterocycles. The highest BCUT2D eigenvalue weighted by atomic mass is 32.2. The molecule has 0 aliphatic carbocycles. The van der Waals surface area contributed by atoms with Gasteiger partial charge in [0.15, 0.2) is 0 Å². The van der Waals surface area contributed by atoms with Gasteiger partial charge in [-0.25, -0.2) is 4.39 Å². The quantitative estimate of drug-likeness (QED) is 0.102. The van der Waals surface area contributed by atoms with Crippen LogP contribution >= 0.6 is 11.8 Å². The third-order valence-electron chi connectivity index (χ3n) is 7.86. The molecule has 1 unspecified atom stereocenters. The second-order valence-corrected chi connectivity index (χ2v) is 12.6. The topological polar surface area (TPSA) is 92.2 Å². The number of hydrogen-bond donors (Lipinski definition) is 3. The molecule has 7 nitrogen and oxygen atoms in total. The molecule has 0 saturated carbocycles. The van der Waals surface area contributed by atoms with Crippen molar-refractivity contribution in [2.45, 2.75) is 30.5 Å². The molecule has 3 amide bonds. The number of nitrogens with one attached hydrogen (secondary N) is 3. The first-order chi connectivity index (χ1) is 23.3. The van der Waals surface area contributed by atoms with Crippen LogP contribution in [0.3, 0.4) is 0 Å². The number of carbonyl (C=O) groups excluding carboxylic acids is 3. The maximum Gasteiger partial charge on any atom is 0.272 e. The standard InChI is InChI=1S/C39H33FN4O3S/c1-3-44-35-12-8-7-11-32(35)33-24-30(19-22-36(33)44)42-37(45)25(2)48-31-20-17-29(18-21-31)41-39(47)34(23-26-13-15-28(40)16-14-26)43-38(46)27-9-5-4-6-10-27/h4-25H,3H2,1-2H3,(H,41,47)(H,42,45)(H,43,46)/b34-23-. The zero-order valence-electron chi connectivity index (χ0n) is 26.4. The number of aromatic nitrogens is 1. The number of fused-ring (bicyclic) bond motifs is 3. The van der Waals surface area contributed by atoms with Gasteiger partial charge in [-0.15, -0.1) is 11.8 Å². The van der Waals surface area contributed by atoms with Crippen LogP contribution in [0.25, 0.3) is 27.9 Å². The molecule has 0 aliphatic heterocycles. The molecule has 0 aliphatic rings. The van der Waals surface area contributed by atoms with Gasteiger partial charge in [-0.1, -0.05) is 48.5 Å². The van der Waals surface area contributed by atoms with E-state index < -0.39 is 22.9 Å². The average Bonchev–Trinajstić information content (AvgIpc) is 3.42. The van der Waals surface area contributed by atoms with E-state index in [2.05, 4.69) is 39.6 Å². The number of hydrogen-bond acceptors (Lipinski definition) is 4. The van der Waals surface area contributed by atoms with Gasteiger partial charge in [0, 0.05) is 50.2 Å². The van der Waals surface area contributed by atoms with Crippen molar-refractivity contribution in [2.24, 2.45) is 0 Å². The minimum absolute atomic E-state index is 0.00310. The Morgan fingerprint density at radius 3 is 2.17 bits per heavy atom. The van der Waals surface area contributed by atoms with Crippen LogP contribution in [-0.2, 0) is 16.1 Å². The largest absolute Gasteiger partial charge is 0.341 e. The van der Waals surface area contributed by atoms with E-state index in [4.69, 9.17) is 0 Å². The van der Waals surface area contributed by atoms with Crippen LogP contribution in [0, 0.1) is 5.82 Å². The number of thioether (sulfide) groups is 1. The van der Waals surface area contributed by atoms with Crippen molar-refractivity contribution in [1.82, 2.24) is 9.88 Å². The molecular weight excluding hydrogens is 624 g/mol. The molecule has 1 atom stereocenters. The van der Waals surface area contributed by atoms with E-state index in [-0.39, 0.29) is 11.6 Å². The number of para-hydroxylation sites is 1. The van der Waals surface area contributed by atoms with Gasteiger partial charge >= 0.3 is 0 Å². The molecule has 6 rings (SSSR count). The van der Waals surface area contributed by atoms with Crippen molar-refractivity contribution in [3.63, 3.8) is 0 Å². The Morgan fingerprint density at radius 1 is 0.771 bits per heavy atom. The summed E-state index contributed by atoms with van der Waals surface area (Å²) < 4.78 is 15.7. The third-order valence-corrected chi connectivity index (χ3v) is 8.97. The summed E-state index contributed by atoms with van der Waals surface area (Å²) in [4.78, 5) is 40.2. The Balaban J connectivity index is 1.11. The molecule has 48 heavy (non-hydrogen) atoms.